The molecule has 4 nitrogen and oxygen atoms in total. The van der Waals surface area contributed by atoms with Crippen LogP contribution in [0.2, 0.25) is 0 Å². The van der Waals surface area contributed by atoms with Crippen molar-refractivity contribution in [1.29, 1.82) is 0 Å². The third-order valence-electron chi connectivity index (χ3n) is 1.29. The monoisotopic (exact) mass is 218 g/mol. The fourth-order valence-electron chi connectivity index (χ4n) is 0.809. The lowest BCUT2D eigenvalue weighted by Gasteiger charge is -2.03. The number of carbonyl (C=O) groups is 2. The van der Waals surface area contributed by atoms with Crippen LogP contribution >= 0.6 is 12.2 Å². The Bertz CT molecular complexity index is 203. The first-order chi connectivity index (χ1) is 6.60. The van der Waals surface area contributed by atoms with Crippen LogP contribution in [0.3, 0.4) is 0 Å². The predicted molar refractivity (Wildman–Crippen MR) is 55.1 cm³/mol. The van der Waals surface area contributed by atoms with Crippen molar-refractivity contribution in [3.05, 3.63) is 0 Å². The van der Waals surface area contributed by atoms with Gasteiger partial charge in [0, 0.05) is 4.86 Å². The number of hydrogen-bond donors (Lipinski definition) is 0. The maximum absolute atomic E-state index is 10.9. The standard InChI is InChI=1S/C9H14O4S/c1-3-12-8(10)5-7(14)6-9(11)13-4-2/h3-6H2,1-2H3. The molecular weight excluding hydrogens is 204 g/mol. The highest BCUT2D eigenvalue weighted by Gasteiger charge is 2.11. The van der Waals surface area contributed by atoms with E-state index in [1.165, 1.54) is 0 Å². The fraction of sp³-hybridized carbons (Fsp3) is 0.667. The van der Waals surface area contributed by atoms with Crippen LogP contribution in [-0.2, 0) is 19.1 Å². The summed E-state index contributed by atoms with van der Waals surface area (Å²) >= 11 is 4.83. The zero-order chi connectivity index (χ0) is 11.0. The second kappa shape index (κ2) is 7.44. The van der Waals surface area contributed by atoms with E-state index >= 15 is 0 Å². The van der Waals surface area contributed by atoms with Gasteiger partial charge in [-0.25, -0.2) is 0 Å². The molecule has 0 radical (unpaired) electrons. The van der Waals surface area contributed by atoms with Gasteiger partial charge in [0.15, 0.2) is 0 Å². The van der Waals surface area contributed by atoms with Crippen LogP contribution in [0.15, 0.2) is 0 Å². The van der Waals surface area contributed by atoms with Gasteiger partial charge in [-0.1, -0.05) is 12.2 Å². The van der Waals surface area contributed by atoms with E-state index in [0.717, 1.165) is 0 Å². The SMILES string of the molecule is CCOC(=O)CC(=S)CC(=O)OCC. The van der Waals surface area contributed by atoms with Crippen molar-refractivity contribution in [2.24, 2.45) is 0 Å². The first-order valence-corrected chi connectivity index (χ1v) is 4.83. The molecule has 0 atom stereocenters. The van der Waals surface area contributed by atoms with Crippen molar-refractivity contribution in [3.8, 4) is 0 Å². The summed E-state index contributed by atoms with van der Waals surface area (Å²) in [5.74, 6) is -0.802. The summed E-state index contributed by atoms with van der Waals surface area (Å²) in [4.78, 5) is 22.2. The topological polar surface area (TPSA) is 52.6 Å². The molecule has 0 aromatic carbocycles. The van der Waals surface area contributed by atoms with Crippen molar-refractivity contribution in [1.82, 2.24) is 0 Å². The average Bonchev–Trinajstić information content (AvgIpc) is 2.03. The van der Waals surface area contributed by atoms with Crippen LogP contribution in [-0.4, -0.2) is 30.0 Å². The Hall–Kier alpha value is -0.970. The lowest BCUT2D eigenvalue weighted by atomic mass is 10.2. The molecule has 0 N–H and O–H groups in total. The first-order valence-electron chi connectivity index (χ1n) is 4.43. The molecule has 0 aliphatic rings. The van der Waals surface area contributed by atoms with Gasteiger partial charge in [-0.05, 0) is 13.8 Å². The molecule has 0 fully saturated rings. The van der Waals surface area contributed by atoms with Gasteiger partial charge >= 0.3 is 11.9 Å². The lowest BCUT2D eigenvalue weighted by molar-refractivity contribution is -0.141. The number of carbonyl (C=O) groups excluding carboxylic acids is 2. The molecule has 0 saturated heterocycles. The van der Waals surface area contributed by atoms with Crippen LogP contribution in [0.5, 0.6) is 0 Å². The van der Waals surface area contributed by atoms with Gasteiger partial charge in [0.2, 0.25) is 0 Å². The first kappa shape index (κ1) is 13.0. The molecule has 80 valence electrons. The normalized spacial score (nSPS) is 9.29. The minimum absolute atomic E-state index is 0.00197. The molecule has 0 aromatic rings. The van der Waals surface area contributed by atoms with E-state index in [4.69, 9.17) is 12.2 Å². The quantitative estimate of drug-likeness (QED) is 0.496. The number of ether oxygens (including phenoxy) is 2. The third kappa shape index (κ3) is 6.54. The number of hydrogen-bond acceptors (Lipinski definition) is 5. The van der Waals surface area contributed by atoms with Gasteiger partial charge in [-0.15, -0.1) is 0 Å². The highest BCUT2D eigenvalue weighted by molar-refractivity contribution is 7.80. The largest absolute Gasteiger partial charge is 0.466 e. The lowest BCUT2D eigenvalue weighted by Crippen LogP contribution is -2.14. The van der Waals surface area contributed by atoms with E-state index in [2.05, 4.69) is 9.47 Å². The summed E-state index contributed by atoms with van der Waals surface area (Å²) in [7, 11) is 0. The zero-order valence-corrected chi connectivity index (χ0v) is 9.19. The Labute approximate surface area is 88.6 Å². The maximum atomic E-state index is 10.9. The fourth-order valence-corrected chi connectivity index (χ4v) is 1.04. The molecule has 0 amide bonds. The van der Waals surface area contributed by atoms with E-state index in [0.29, 0.717) is 18.1 Å². The van der Waals surface area contributed by atoms with Crippen LogP contribution < -0.4 is 0 Å². The molecular formula is C9H14O4S. The molecule has 0 heterocycles. The Morgan fingerprint density at radius 2 is 1.36 bits per heavy atom. The third-order valence-corrected chi connectivity index (χ3v) is 1.58. The van der Waals surface area contributed by atoms with E-state index in [1.54, 1.807) is 13.8 Å². The van der Waals surface area contributed by atoms with Crippen LogP contribution in [0.4, 0.5) is 0 Å². The molecule has 14 heavy (non-hydrogen) atoms. The summed E-state index contributed by atoms with van der Waals surface area (Å²) in [6.07, 6.45) is 0.00394. The van der Waals surface area contributed by atoms with E-state index in [1.807, 2.05) is 0 Å². The minimum Gasteiger partial charge on any atom is -0.466 e. The molecule has 0 unspecified atom stereocenters. The van der Waals surface area contributed by atoms with Crippen molar-refractivity contribution >= 4 is 29.0 Å². The van der Waals surface area contributed by atoms with Crippen LogP contribution in [0.25, 0.3) is 0 Å². The highest BCUT2D eigenvalue weighted by Crippen LogP contribution is 1.98. The highest BCUT2D eigenvalue weighted by atomic mass is 32.1. The molecule has 5 heteroatoms. The van der Waals surface area contributed by atoms with Crippen molar-refractivity contribution in [2.75, 3.05) is 13.2 Å². The van der Waals surface area contributed by atoms with Gasteiger partial charge < -0.3 is 9.47 Å². The molecule has 0 aliphatic heterocycles. The van der Waals surface area contributed by atoms with Crippen LogP contribution in [0.1, 0.15) is 26.7 Å². The van der Waals surface area contributed by atoms with Gasteiger partial charge in [0.05, 0.1) is 26.1 Å². The second-order valence-corrected chi connectivity index (χ2v) is 3.08. The molecule has 0 bridgehead atoms. The van der Waals surface area contributed by atoms with Gasteiger partial charge in [-0.2, -0.15) is 0 Å². The van der Waals surface area contributed by atoms with E-state index in [-0.39, 0.29) is 12.8 Å². The maximum Gasteiger partial charge on any atom is 0.310 e. The van der Waals surface area contributed by atoms with E-state index in [9.17, 15) is 9.59 Å². The molecule has 0 rings (SSSR count). The second-order valence-electron chi connectivity index (χ2n) is 2.50. The molecule has 0 aromatic heterocycles. The smallest absolute Gasteiger partial charge is 0.310 e. The van der Waals surface area contributed by atoms with Crippen molar-refractivity contribution in [2.45, 2.75) is 26.7 Å². The predicted octanol–water partition coefficient (Wildman–Crippen LogP) is 1.26. The van der Waals surface area contributed by atoms with Crippen molar-refractivity contribution in [3.63, 3.8) is 0 Å². The Morgan fingerprint density at radius 1 is 1.00 bits per heavy atom. The average molecular weight is 218 g/mol. The Kier molecular flexibility index (Phi) is 6.92. The summed E-state index contributed by atoms with van der Waals surface area (Å²) < 4.78 is 9.35. The number of rotatable bonds is 6. The molecule has 0 saturated carbocycles. The van der Waals surface area contributed by atoms with Gasteiger partial charge in [0.25, 0.3) is 0 Å². The van der Waals surface area contributed by atoms with Crippen molar-refractivity contribution < 1.29 is 19.1 Å². The van der Waals surface area contributed by atoms with Gasteiger partial charge in [0.1, 0.15) is 0 Å². The number of esters is 2. The van der Waals surface area contributed by atoms with Gasteiger partial charge in [-0.3, -0.25) is 9.59 Å². The van der Waals surface area contributed by atoms with E-state index < -0.39 is 11.9 Å². The Balaban J connectivity index is 3.75. The number of thiocarbonyl (C=S) groups is 1. The summed E-state index contributed by atoms with van der Waals surface area (Å²) in [5.41, 5.74) is 0. The minimum atomic E-state index is -0.401. The molecule has 0 spiro atoms. The summed E-state index contributed by atoms with van der Waals surface area (Å²) in [6.45, 7) is 4.07. The van der Waals surface area contributed by atoms with Crippen LogP contribution in [0, 0.1) is 0 Å². The molecule has 0 aliphatic carbocycles. The zero-order valence-electron chi connectivity index (χ0n) is 8.37. The summed E-state index contributed by atoms with van der Waals surface area (Å²) in [5, 5.41) is 0. The Morgan fingerprint density at radius 3 is 1.64 bits per heavy atom. The summed E-state index contributed by atoms with van der Waals surface area (Å²) in [6, 6.07) is 0.